The van der Waals surface area contributed by atoms with Crippen LogP contribution in [0.3, 0.4) is 0 Å². The van der Waals surface area contributed by atoms with Gasteiger partial charge >= 0.3 is 5.97 Å². The van der Waals surface area contributed by atoms with Gasteiger partial charge in [0, 0.05) is 10.9 Å². The average molecular weight is 440 g/mol. The van der Waals surface area contributed by atoms with E-state index in [0.717, 1.165) is 16.7 Å². The molecule has 0 spiro atoms. The van der Waals surface area contributed by atoms with Crippen LogP contribution in [-0.2, 0) is 9.53 Å². The van der Waals surface area contributed by atoms with Gasteiger partial charge in [-0.2, -0.15) is 0 Å². The van der Waals surface area contributed by atoms with Crippen LogP contribution in [0, 0.1) is 6.92 Å². The number of esters is 1. The van der Waals surface area contributed by atoms with Gasteiger partial charge in [0.15, 0.2) is 17.6 Å². The SMILES string of the molecule is CCOC(=O)c1c(-c2ccc(C)cc2)csc1NC(=O)[C@@H](C)Oc1ccccc1OC. The zero-order chi connectivity index (χ0) is 22.4. The zero-order valence-corrected chi connectivity index (χ0v) is 18.7. The van der Waals surface area contributed by atoms with Crippen molar-refractivity contribution in [2.45, 2.75) is 26.9 Å². The van der Waals surface area contributed by atoms with Crippen LogP contribution < -0.4 is 14.8 Å². The zero-order valence-electron chi connectivity index (χ0n) is 17.9. The van der Waals surface area contributed by atoms with Gasteiger partial charge in [0.25, 0.3) is 5.91 Å². The van der Waals surface area contributed by atoms with Gasteiger partial charge < -0.3 is 19.5 Å². The van der Waals surface area contributed by atoms with E-state index in [4.69, 9.17) is 14.2 Å². The molecule has 6 nitrogen and oxygen atoms in total. The number of rotatable bonds is 8. The van der Waals surface area contributed by atoms with Crippen LogP contribution in [0.5, 0.6) is 11.5 Å². The molecule has 0 bridgehead atoms. The van der Waals surface area contributed by atoms with Gasteiger partial charge in [-0.25, -0.2) is 4.79 Å². The molecule has 3 rings (SSSR count). The summed E-state index contributed by atoms with van der Waals surface area (Å²) in [5.74, 6) is 0.138. The van der Waals surface area contributed by atoms with Gasteiger partial charge in [0.1, 0.15) is 10.6 Å². The van der Waals surface area contributed by atoms with Crippen LogP contribution in [0.2, 0.25) is 0 Å². The number of para-hydroxylation sites is 2. The van der Waals surface area contributed by atoms with Crippen LogP contribution in [0.4, 0.5) is 5.00 Å². The van der Waals surface area contributed by atoms with Crippen LogP contribution in [-0.4, -0.2) is 31.7 Å². The third-order valence-corrected chi connectivity index (χ3v) is 5.51. The summed E-state index contributed by atoms with van der Waals surface area (Å²) in [5.41, 5.74) is 3.06. The standard InChI is InChI=1S/C24H25NO5S/c1-5-29-24(27)21-18(17-12-10-15(2)11-13-17)14-31-23(21)25-22(26)16(3)30-20-9-7-6-8-19(20)28-4/h6-14,16H,5H2,1-4H3,(H,25,26)/t16-/m1/s1. The number of thiophene rings is 1. The molecule has 0 fully saturated rings. The van der Waals surface area contributed by atoms with Crippen molar-refractivity contribution in [3.8, 4) is 22.6 Å². The molecule has 0 saturated heterocycles. The summed E-state index contributed by atoms with van der Waals surface area (Å²) >= 11 is 1.28. The number of ether oxygens (including phenoxy) is 3. The summed E-state index contributed by atoms with van der Waals surface area (Å²) in [6.45, 7) is 5.62. The Hall–Kier alpha value is -3.32. The van der Waals surface area contributed by atoms with Crippen molar-refractivity contribution in [1.29, 1.82) is 0 Å². The number of anilines is 1. The maximum absolute atomic E-state index is 12.8. The van der Waals surface area contributed by atoms with Crippen molar-refractivity contribution in [3.05, 3.63) is 65.0 Å². The molecule has 0 unspecified atom stereocenters. The number of nitrogens with one attached hydrogen (secondary N) is 1. The molecule has 1 amide bonds. The predicted octanol–water partition coefficient (Wildman–Crippen LogP) is 5.31. The van der Waals surface area contributed by atoms with Crippen molar-refractivity contribution in [2.75, 3.05) is 19.0 Å². The van der Waals surface area contributed by atoms with Gasteiger partial charge in [-0.1, -0.05) is 42.0 Å². The molecule has 1 aromatic heterocycles. The monoisotopic (exact) mass is 439 g/mol. The first-order chi connectivity index (χ1) is 14.9. The minimum Gasteiger partial charge on any atom is -0.493 e. The molecule has 0 aliphatic heterocycles. The Kier molecular flexibility index (Phi) is 7.31. The lowest BCUT2D eigenvalue weighted by Crippen LogP contribution is -2.30. The normalized spacial score (nSPS) is 11.5. The number of carbonyl (C=O) groups excluding carboxylic acids is 2. The first-order valence-corrected chi connectivity index (χ1v) is 10.8. The van der Waals surface area contributed by atoms with Gasteiger partial charge in [-0.15, -0.1) is 11.3 Å². The lowest BCUT2D eigenvalue weighted by atomic mass is 10.0. The Balaban J connectivity index is 1.85. The highest BCUT2D eigenvalue weighted by atomic mass is 32.1. The van der Waals surface area contributed by atoms with E-state index < -0.39 is 12.1 Å². The molecule has 0 aliphatic carbocycles. The Morgan fingerprint density at radius 1 is 1.06 bits per heavy atom. The van der Waals surface area contributed by atoms with Crippen LogP contribution in [0.25, 0.3) is 11.1 Å². The number of carbonyl (C=O) groups is 2. The quantitative estimate of drug-likeness (QED) is 0.481. The third-order valence-electron chi connectivity index (χ3n) is 4.61. The lowest BCUT2D eigenvalue weighted by Gasteiger charge is -2.16. The molecule has 3 aromatic rings. The van der Waals surface area contributed by atoms with Crippen molar-refractivity contribution in [2.24, 2.45) is 0 Å². The summed E-state index contributed by atoms with van der Waals surface area (Å²) in [5, 5.41) is 5.09. The van der Waals surface area contributed by atoms with E-state index in [2.05, 4.69) is 5.32 Å². The topological polar surface area (TPSA) is 73.9 Å². The van der Waals surface area contributed by atoms with E-state index >= 15 is 0 Å². The molecule has 1 heterocycles. The molecule has 1 N–H and O–H groups in total. The second-order valence-corrected chi connectivity index (χ2v) is 7.72. The van der Waals surface area contributed by atoms with Gasteiger partial charge in [-0.3, -0.25) is 4.79 Å². The molecule has 162 valence electrons. The highest BCUT2D eigenvalue weighted by Crippen LogP contribution is 2.36. The summed E-state index contributed by atoms with van der Waals surface area (Å²) in [6.07, 6.45) is -0.809. The Bertz CT molecular complexity index is 1060. The second kappa shape index (κ2) is 10.1. The van der Waals surface area contributed by atoms with Crippen molar-refractivity contribution < 1.29 is 23.8 Å². The maximum Gasteiger partial charge on any atom is 0.341 e. The van der Waals surface area contributed by atoms with E-state index in [0.29, 0.717) is 22.1 Å². The van der Waals surface area contributed by atoms with Crippen molar-refractivity contribution in [3.63, 3.8) is 0 Å². The van der Waals surface area contributed by atoms with E-state index in [1.54, 1.807) is 32.0 Å². The van der Waals surface area contributed by atoms with Crippen LogP contribution >= 0.6 is 11.3 Å². The second-order valence-electron chi connectivity index (χ2n) is 6.84. The first-order valence-electron chi connectivity index (χ1n) is 9.90. The van der Waals surface area contributed by atoms with Gasteiger partial charge in [0.2, 0.25) is 0 Å². The third kappa shape index (κ3) is 5.24. The molecule has 2 aromatic carbocycles. The molecule has 0 radical (unpaired) electrons. The van der Waals surface area contributed by atoms with Crippen LogP contribution in [0.1, 0.15) is 29.8 Å². The van der Waals surface area contributed by atoms with Crippen molar-refractivity contribution in [1.82, 2.24) is 0 Å². The number of amides is 1. The van der Waals surface area contributed by atoms with Crippen LogP contribution in [0.15, 0.2) is 53.9 Å². The highest BCUT2D eigenvalue weighted by molar-refractivity contribution is 7.15. The van der Waals surface area contributed by atoms with Gasteiger partial charge in [-0.05, 0) is 38.5 Å². The lowest BCUT2D eigenvalue weighted by molar-refractivity contribution is -0.122. The van der Waals surface area contributed by atoms with E-state index in [-0.39, 0.29) is 12.5 Å². The van der Waals surface area contributed by atoms with E-state index in [1.807, 2.05) is 42.6 Å². The van der Waals surface area contributed by atoms with Gasteiger partial charge in [0.05, 0.1) is 13.7 Å². The number of benzene rings is 2. The largest absolute Gasteiger partial charge is 0.493 e. The minimum atomic E-state index is -0.809. The van der Waals surface area contributed by atoms with Crippen molar-refractivity contribution >= 4 is 28.2 Å². The fraction of sp³-hybridized carbons (Fsp3) is 0.250. The molecule has 7 heteroatoms. The fourth-order valence-corrected chi connectivity index (χ4v) is 3.94. The minimum absolute atomic E-state index is 0.239. The Morgan fingerprint density at radius 2 is 1.74 bits per heavy atom. The summed E-state index contributed by atoms with van der Waals surface area (Å²) in [6, 6.07) is 14.9. The fourth-order valence-electron chi connectivity index (χ4n) is 2.98. The molecular weight excluding hydrogens is 414 g/mol. The number of methoxy groups -OCH3 is 1. The number of hydrogen-bond donors (Lipinski definition) is 1. The molecule has 1 atom stereocenters. The number of aryl methyl sites for hydroxylation is 1. The van der Waals surface area contributed by atoms with E-state index in [1.165, 1.54) is 18.4 Å². The average Bonchev–Trinajstić information content (AvgIpc) is 3.18. The maximum atomic E-state index is 12.8. The molecule has 31 heavy (non-hydrogen) atoms. The summed E-state index contributed by atoms with van der Waals surface area (Å²) < 4.78 is 16.3. The predicted molar refractivity (Wildman–Crippen MR) is 122 cm³/mol. The Morgan fingerprint density at radius 3 is 2.39 bits per heavy atom. The summed E-state index contributed by atoms with van der Waals surface area (Å²) in [7, 11) is 1.54. The molecular formula is C24H25NO5S. The smallest absolute Gasteiger partial charge is 0.341 e. The highest BCUT2D eigenvalue weighted by Gasteiger charge is 2.25. The Labute approximate surface area is 185 Å². The molecule has 0 saturated carbocycles. The molecule has 0 aliphatic rings. The summed E-state index contributed by atoms with van der Waals surface area (Å²) in [4.78, 5) is 25.5. The first kappa shape index (κ1) is 22.4. The van der Waals surface area contributed by atoms with E-state index in [9.17, 15) is 9.59 Å². The number of hydrogen-bond acceptors (Lipinski definition) is 6.